The van der Waals surface area contributed by atoms with Crippen LogP contribution in [-0.4, -0.2) is 37.8 Å². The van der Waals surface area contributed by atoms with Gasteiger partial charge in [0.1, 0.15) is 9.84 Å². The van der Waals surface area contributed by atoms with Crippen LogP contribution in [0.2, 0.25) is 5.02 Å². The van der Waals surface area contributed by atoms with Crippen LogP contribution in [0.3, 0.4) is 0 Å². The van der Waals surface area contributed by atoms with Gasteiger partial charge in [-0.05, 0) is 6.42 Å². The fourth-order valence-corrected chi connectivity index (χ4v) is 2.41. The summed E-state index contributed by atoms with van der Waals surface area (Å²) >= 11 is 5.74. The molecule has 10 heteroatoms. The molecule has 0 aromatic heterocycles. The second-order valence-electron chi connectivity index (χ2n) is 4.39. The molecule has 0 atom stereocenters. The summed E-state index contributed by atoms with van der Waals surface area (Å²) in [5.41, 5.74) is 5.08. The molecule has 0 fully saturated rings. The highest BCUT2D eigenvalue weighted by atomic mass is 35.5. The molecule has 0 unspecified atom stereocenters. The van der Waals surface area contributed by atoms with Crippen molar-refractivity contribution in [1.29, 1.82) is 0 Å². The van der Waals surface area contributed by atoms with Crippen molar-refractivity contribution >= 4 is 38.7 Å². The first-order valence-electron chi connectivity index (χ1n) is 5.81. The van der Waals surface area contributed by atoms with Gasteiger partial charge in [0.15, 0.2) is 0 Å². The summed E-state index contributed by atoms with van der Waals surface area (Å²) in [5.74, 6) is -0.718. The molecule has 3 N–H and O–H groups in total. The van der Waals surface area contributed by atoms with Crippen LogP contribution in [0.5, 0.6) is 0 Å². The highest BCUT2D eigenvalue weighted by molar-refractivity contribution is 7.90. The van der Waals surface area contributed by atoms with Crippen LogP contribution >= 0.6 is 11.6 Å². The number of hydrogen-bond acceptors (Lipinski definition) is 6. The number of non-ortho nitro benzene ring substituents is 1. The fraction of sp³-hybridized carbons (Fsp3) is 0.364. The summed E-state index contributed by atoms with van der Waals surface area (Å²) in [6.07, 6.45) is 1.32. The van der Waals surface area contributed by atoms with E-state index >= 15 is 0 Å². The lowest BCUT2D eigenvalue weighted by Crippen LogP contribution is -2.26. The number of nitrogen functional groups attached to an aromatic ring is 1. The Morgan fingerprint density at radius 3 is 2.62 bits per heavy atom. The molecule has 0 bridgehead atoms. The van der Waals surface area contributed by atoms with Gasteiger partial charge in [-0.2, -0.15) is 0 Å². The van der Waals surface area contributed by atoms with E-state index in [9.17, 15) is 23.3 Å². The van der Waals surface area contributed by atoms with Crippen LogP contribution in [0.1, 0.15) is 16.8 Å². The molecule has 0 radical (unpaired) electrons. The molecule has 1 amide bonds. The molecule has 1 rings (SSSR count). The Bertz CT molecular complexity index is 675. The quantitative estimate of drug-likeness (QED) is 0.345. The van der Waals surface area contributed by atoms with E-state index in [0.717, 1.165) is 18.4 Å². The highest BCUT2D eigenvalue weighted by Gasteiger charge is 2.18. The Hall–Kier alpha value is -1.87. The van der Waals surface area contributed by atoms with Gasteiger partial charge in [-0.3, -0.25) is 14.9 Å². The summed E-state index contributed by atoms with van der Waals surface area (Å²) in [6, 6.07) is 2.07. The number of nitro benzene ring substituents is 1. The summed E-state index contributed by atoms with van der Waals surface area (Å²) < 4.78 is 21.9. The van der Waals surface area contributed by atoms with Crippen molar-refractivity contribution in [3.8, 4) is 0 Å². The summed E-state index contributed by atoms with van der Waals surface area (Å²) in [5, 5.41) is 13.1. The van der Waals surface area contributed by atoms with Gasteiger partial charge < -0.3 is 11.1 Å². The molecule has 1 aromatic rings. The SMILES string of the molecule is CS(=O)(=O)CCCNC(=O)c1cc([N+](=O)[O-])cc(Cl)c1N. The first kappa shape index (κ1) is 17.2. The molecule has 0 saturated carbocycles. The molecular weight excluding hydrogens is 322 g/mol. The third-order valence-corrected chi connectivity index (χ3v) is 3.89. The molecule has 1 aromatic carbocycles. The van der Waals surface area contributed by atoms with Crippen LogP contribution in [-0.2, 0) is 9.84 Å². The zero-order valence-corrected chi connectivity index (χ0v) is 12.7. The maximum Gasteiger partial charge on any atom is 0.271 e. The number of nitrogens with one attached hydrogen (secondary N) is 1. The van der Waals surface area contributed by atoms with Crippen molar-refractivity contribution in [2.45, 2.75) is 6.42 Å². The maximum absolute atomic E-state index is 11.9. The zero-order valence-electron chi connectivity index (χ0n) is 11.1. The Kier molecular flexibility index (Phi) is 5.50. The van der Waals surface area contributed by atoms with E-state index in [1.54, 1.807) is 0 Å². The van der Waals surface area contributed by atoms with Gasteiger partial charge >= 0.3 is 0 Å². The minimum absolute atomic E-state index is 0.0668. The number of benzene rings is 1. The zero-order chi connectivity index (χ0) is 16.2. The predicted octanol–water partition coefficient (Wildman–Crippen LogP) is 0.995. The first-order chi connectivity index (χ1) is 9.61. The van der Waals surface area contributed by atoms with Gasteiger partial charge in [0.2, 0.25) is 0 Å². The number of rotatable bonds is 6. The lowest BCUT2D eigenvalue weighted by atomic mass is 10.1. The number of nitrogens with zero attached hydrogens (tertiary/aromatic N) is 1. The van der Waals surface area contributed by atoms with Crippen molar-refractivity contribution in [1.82, 2.24) is 5.32 Å². The number of carbonyl (C=O) groups is 1. The van der Waals surface area contributed by atoms with Gasteiger partial charge in [0.05, 0.1) is 26.9 Å². The Morgan fingerprint density at radius 2 is 2.10 bits per heavy atom. The lowest BCUT2D eigenvalue weighted by Gasteiger charge is -2.08. The van der Waals surface area contributed by atoms with Crippen LogP contribution in [0.25, 0.3) is 0 Å². The minimum Gasteiger partial charge on any atom is -0.397 e. The molecule has 0 spiro atoms. The van der Waals surface area contributed by atoms with Gasteiger partial charge in [0, 0.05) is 24.9 Å². The molecule has 116 valence electrons. The van der Waals surface area contributed by atoms with E-state index in [1.165, 1.54) is 0 Å². The third-order valence-electron chi connectivity index (χ3n) is 2.55. The molecule has 8 nitrogen and oxygen atoms in total. The average Bonchev–Trinajstić information content (AvgIpc) is 2.36. The van der Waals surface area contributed by atoms with Crippen molar-refractivity contribution in [3.63, 3.8) is 0 Å². The van der Waals surface area contributed by atoms with Crippen molar-refractivity contribution in [3.05, 3.63) is 32.8 Å². The first-order valence-corrected chi connectivity index (χ1v) is 8.25. The van der Waals surface area contributed by atoms with Crippen LogP contribution < -0.4 is 11.1 Å². The number of nitrogens with two attached hydrogens (primary N) is 1. The summed E-state index contributed by atoms with van der Waals surface area (Å²) in [4.78, 5) is 21.9. The molecule has 0 heterocycles. The molecule has 0 aliphatic rings. The van der Waals surface area contributed by atoms with Gasteiger partial charge in [0.25, 0.3) is 11.6 Å². The van der Waals surface area contributed by atoms with E-state index < -0.39 is 20.7 Å². The Balaban J connectivity index is 2.80. The number of sulfone groups is 1. The van der Waals surface area contributed by atoms with Crippen LogP contribution in [0.4, 0.5) is 11.4 Å². The number of halogens is 1. The normalized spacial score (nSPS) is 11.1. The number of hydrogen-bond donors (Lipinski definition) is 2. The van der Waals surface area contributed by atoms with E-state index in [0.29, 0.717) is 0 Å². The Labute approximate surface area is 126 Å². The maximum atomic E-state index is 11.9. The number of nitro groups is 1. The van der Waals surface area contributed by atoms with Crippen LogP contribution in [0.15, 0.2) is 12.1 Å². The average molecular weight is 336 g/mol. The van der Waals surface area contributed by atoms with E-state index in [2.05, 4.69) is 5.32 Å². The summed E-state index contributed by atoms with van der Waals surface area (Å²) in [7, 11) is -3.11. The fourth-order valence-electron chi connectivity index (χ4n) is 1.53. The Morgan fingerprint density at radius 1 is 1.48 bits per heavy atom. The van der Waals surface area contributed by atoms with E-state index in [4.69, 9.17) is 17.3 Å². The number of amides is 1. The van der Waals surface area contributed by atoms with Crippen LogP contribution in [0, 0.1) is 10.1 Å². The van der Waals surface area contributed by atoms with Crippen molar-refractivity contribution in [2.24, 2.45) is 0 Å². The molecule has 0 aliphatic heterocycles. The molecule has 0 saturated heterocycles. The third kappa shape index (κ3) is 5.20. The molecule has 21 heavy (non-hydrogen) atoms. The van der Waals surface area contributed by atoms with Crippen molar-refractivity contribution < 1.29 is 18.1 Å². The van der Waals surface area contributed by atoms with E-state index in [-0.39, 0.29) is 40.7 Å². The molecular formula is C11H14ClN3O5S. The summed E-state index contributed by atoms with van der Waals surface area (Å²) in [6.45, 7) is 0.103. The van der Waals surface area contributed by atoms with Gasteiger partial charge in [-0.25, -0.2) is 8.42 Å². The standard InChI is InChI=1S/C11H14ClN3O5S/c1-21(19,20)4-2-3-14-11(16)8-5-7(15(17)18)6-9(12)10(8)13/h5-6H,2-4,13H2,1H3,(H,14,16). The highest BCUT2D eigenvalue weighted by Crippen LogP contribution is 2.28. The topological polar surface area (TPSA) is 132 Å². The van der Waals surface area contributed by atoms with Gasteiger partial charge in [-0.1, -0.05) is 11.6 Å². The largest absolute Gasteiger partial charge is 0.397 e. The lowest BCUT2D eigenvalue weighted by molar-refractivity contribution is -0.384. The second kappa shape index (κ2) is 6.72. The monoisotopic (exact) mass is 335 g/mol. The van der Waals surface area contributed by atoms with E-state index in [1.807, 2.05) is 0 Å². The predicted molar refractivity (Wildman–Crippen MR) is 79.2 cm³/mol. The smallest absolute Gasteiger partial charge is 0.271 e. The minimum atomic E-state index is -3.11. The van der Waals surface area contributed by atoms with Gasteiger partial charge in [-0.15, -0.1) is 0 Å². The molecule has 0 aliphatic carbocycles. The number of carbonyl (C=O) groups excluding carboxylic acids is 1. The number of anilines is 1. The second-order valence-corrected chi connectivity index (χ2v) is 7.05. The van der Waals surface area contributed by atoms with Crippen molar-refractivity contribution in [2.75, 3.05) is 24.3 Å².